The molecule has 2 aliphatic rings. The lowest BCUT2D eigenvalue weighted by Gasteiger charge is -2.41. The highest BCUT2D eigenvalue weighted by Gasteiger charge is 2.30. The van der Waals surface area contributed by atoms with E-state index in [0.29, 0.717) is 50.0 Å². The van der Waals surface area contributed by atoms with Crippen molar-refractivity contribution >= 4 is 17.5 Å². The third kappa shape index (κ3) is 5.99. The average Bonchev–Trinajstić information content (AvgIpc) is 3.04. The van der Waals surface area contributed by atoms with Crippen LogP contribution in [0, 0.1) is 0 Å². The number of rotatable bonds is 6. The molecule has 8 nitrogen and oxygen atoms in total. The summed E-state index contributed by atoms with van der Waals surface area (Å²) in [5, 5.41) is 2.98. The summed E-state index contributed by atoms with van der Waals surface area (Å²) in [4.78, 5) is 29.0. The lowest BCUT2D eigenvalue weighted by molar-refractivity contribution is -0.132. The lowest BCUT2D eigenvalue weighted by atomic mass is 10.0. The molecule has 2 heterocycles. The summed E-state index contributed by atoms with van der Waals surface area (Å²) >= 11 is 0. The Bertz CT molecular complexity index is 1010. The van der Waals surface area contributed by atoms with Crippen LogP contribution in [0.2, 0.25) is 0 Å². The van der Waals surface area contributed by atoms with Crippen LogP contribution in [0.25, 0.3) is 0 Å². The second kappa shape index (κ2) is 10.8. The highest BCUT2D eigenvalue weighted by Crippen LogP contribution is 2.32. The van der Waals surface area contributed by atoms with Gasteiger partial charge in [0.2, 0.25) is 11.8 Å². The molecule has 182 valence electrons. The molecule has 2 aromatic carbocycles. The van der Waals surface area contributed by atoms with Gasteiger partial charge in [-0.3, -0.25) is 14.5 Å². The van der Waals surface area contributed by atoms with Crippen LogP contribution in [0.3, 0.4) is 0 Å². The molecule has 4 rings (SSSR count). The molecule has 0 radical (unpaired) electrons. The highest BCUT2D eigenvalue weighted by atomic mass is 16.5. The fourth-order valence-corrected chi connectivity index (χ4v) is 4.28. The Morgan fingerprint density at radius 2 is 1.79 bits per heavy atom. The van der Waals surface area contributed by atoms with Gasteiger partial charge >= 0.3 is 0 Å². The van der Waals surface area contributed by atoms with Crippen LogP contribution in [0.15, 0.2) is 42.5 Å². The number of amides is 2. The first-order valence-electron chi connectivity index (χ1n) is 11.8. The Morgan fingerprint density at radius 3 is 2.50 bits per heavy atom. The number of fused-ring (bicyclic) bond motifs is 1. The molecule has 0 spiro atoms. The van der Waals surface area contributed by atoms with E-state index in [9.17, 15) is 9.59 Å². The summed E-state index contributed by atoms with van der Waals surface area (Å²) in [7, 11) is 0. The molecule has 1 N–H and O–H groups in total. The van der Waals surface area contributed by atoms with Gasteiger partial charge in [-0.1, -0.05) is 12.1 Å². The van der Waals surface area contributed by atoms with E-state index in [1.54, 1.807) is 13.0 Å². The number of ether oxygens (including phenoxy) is 3. The van der Waals surface area contributed by atoms with Crippen molar-refractivity contribution in [3.63, 3.8) is 0 Å². The summed E-state index contributed by atoms with van der Waals surface area (Å²) in [6.45, 7) is 8.74. The number of hydrogen-bond donors (Lipinski definition) is 1. The van der Waals surface area contributed by atoms with Crippen molar-refractivity contribution in [2.75, 3.05) is 44.7 Å². The second-order valence-corrected chi connectivity index (χ2v) is 8.95. The van der Waals surface area contributed by atoms with Gasteiger partial charge in [-0.05, 0) is 43.7 Å². The predicted octanol–water partition coefficient (Wildman–Crippen LogP) is 3.48. The third-order valence-electron chi connectivity index (χ3n) is 5.95. The van der Waals surface area contributed by atoms with Gasteiger partial charge in [0.1, 0.15) is 5.75 Å². The number of carbonyl (C=O) groups is 2. The van der Waals surface area contributed by atoms with E-state index < -0.39 is 0 Å². The van der Waals surface area contributed by atoms with Crippen molar-refractivity contribution in [2.45, 2.75) is 39.3 Å². The average molecular weight is 468 g/mol. The van der Waals surface area contributed by atoms with Gasteiger partial charge in [-0.2, -0.15) is 0 Å². The Balaban J connectivity index is 1.45. The Morgan fingerprint density at radius 1 is 1.06 bits per heavy atom. The van der Waals surface area contributed by atoms with Crippen molar-refractivity contribution < 1.29 is 23.8 Å². The second-order valence-electron chi connectivity index (χ2n) is 8.95. The van der Waals surface area contributed by atoms with Gasteiger partial charge in [0.25, 0.3) is 0 Å². The first kappa shape index (κ1) is 23.9. The maximum atomic E-state index is 13.0. The number of piperazine rings is 1. The van der Waals surface area contributed by atoms with Crippen molar-refractivity contribution in [1.82, 2.24) is 9.80 Å². The van der Waals surface area contributed by atoms with Gasteiger partial charge < -0.3 is 24.4 Å². The minimum Gasteiger partial charge on any atom is -0.491 e. The normalized spacial score (nSPS) is 18.4. The minimum atomic E-state index is -0.115. The van der Waals surface area contributed by atoms with E-state index in [1.165, 1.54) is 0 Å². The topological polar surface area (TPSA) is 80.3 Å². The van der Waals surface area contributed by atoms with Crippen molar-refractivity contribution in [3.8, 4) is 17.2 Å². The first-order chi connectivity index (χ1) is 16.4. The van der Waals surface area contributed by atoms with Crippen LogP contribution < -0.4 is 19.5 Å². The molecule has 2 aromatic rings. The van der Waals surface area contributed by atoms with E-state index in [2.05, 4.69) is 10.2 Å². The molecule has 0 saturated carbocycles. The fourth-order valence-electron chi connectivity index (χ4n) is 4.28. The van der Waals surface area contributed by atoms with Crippen LogP contribution in [0.5, 0.6) is 17.2 Å². The quantitative estimate of drug-likeness (QED) is 0.701. The summed E-state index contributed by atoms with van der Waals surface area (Å²) in [6, 6.07) is 13.3. The van der Waals surface area contributed by atoms with Crippen molar-refractivity contribution in [2.24, 2.45) is 0 Å². The Kier molecular flexibility index (Phi) is 7.57. The van der Waals surface area contributed by atoms with Gasteiger partial charge in [0.05, 0.1) is 31.9 Å². The number of benzene rings is 2. The zero-order chi connectivity index (χ0) is 24.1. The smallest absolute Gasteiger partial charge is 0.238 e. The third-order valence-corrected chi connectivity index (χ3v) is 5.95. The SMILES string of the molecule is CC(=O)N1CCN(CC(=O)Nc2ccc3c(c2)OCCCO3)[C@H](c2ccc(OC(C)C)cc2)C1. The van der Waals surface area contributed by atoms with Crippen LogP contribution in [-0.2, 0) is 9.59 Å². The Hall–Kier alpha value is -3.26. The Labute approximate surface area is 200 Å². The zero-order valence-electron chi connectivity index (χ0n) is 20.1. The molecular weight excluding hydrogens is 434 g/mol. The van der Waals surface area contributed by atoms with Gasteiger partial charge in [0.15, 0.2) is 11.5 Å². The summed E-state index contributed by atoms with van der Waals surface area (Å²) in [6.07, 6.45) is 0.924. The zero-order valence-corrected chi connectivity index (χ0v) is 20.1. The molecular formula is C26H33N3O5. The van der Waals surface area contributed by atoms with E-state index in [4.69, 9.17) is 14.2 Å². The number of nitrogens with one attached hydrogen (secondary N) is 1. The lowest BCUT2D eigenvalue weighted by Crippen LogP contribution is -2.51. The van der Waals surface area contributed by atoms with Gasteiger partial charge in [-0.25, -0.2) is 0 Å². The first-order valence-corrected chi connectivity index (χ1v) is 11.8. The number of hydrogen-bond acceptors (Lipinski definition) is 6. The largest absolute Gasteiger partial charge is 0.491 e. The van der Waals surface area contributed by atoms with E-state index in [-0.39, 0.29) is 30.5 Å². The molecule has 2 aliphatic heterocycles. The fraction of sp³-hybridized carbons (Fsp3) is 0.462. The minimum absolute atomic E-state index is 0.0426. The number of nitrogens with zero attached hydrogens (tertiary/aromatic N) is 2. The standard InChI is InChI=1S/C26H33N3O5/c1-18(2)34-22-8-5-20(6-9-22)23-16-28(19(3)30)11-12-29(23)17-26(31)27-21-7-10-24-25(15-21)33-14-4-13-32-24/h5-10,15,18,23H,4,11-14,16-17H2,1-3H3,(H,27,31)/t23-/m0/s1. The van der Waals surface area contributed by atoms with E-state index >= 15 is 0 Å². The molecule has 2 amide bonds. The monoisotopic (exact) mass is 467 g/mol. The van der Waals surface area contributed by atoms with Crippen LogP contribution in [0.1, 0.15) is 38.8 Å². The molecule has 0 aliphatic carbocycles. The van der Waals surface area contributed by atoms with Crippen molar-refractivity contribution in [1.29, 1.82) is 0 Å². The van der Waals surface area contributed by atoms with E-state index in [0.717, 1.165) is 17.7 Å². The van der Waals surface area contributed by atoms with Gasteiger partial charge in [0, 0.05) is 44.7 Å². The molecule has 1 fully saturated rings. The molecule has 0 bridgehead atoms. The molecule has 34 heavy (non-hydrogen) atoms. The molecule has 1 atom stereocenters. The van der Waals surface area contributed by atoms with Gasteiger partial charge in [-0.15, -0.1) is 0 Å². The predicted molar refractivity (Wildman–Crippen MR) is 129 cm³/mol. The number of anilines is 1. The molecule has 0 unspecified atom stereocenters. The maximum Gasteiger partial charge on any atom is 0.238 e. The summed E-state index contributed by atoms with van der Waals surface area (Å²) in [5.74, 6) is 2.07. The van der Waals surface area contributed by atoms with Crippen LogP contribution >= 0.6 is 0 Å². The summed E-state index contributed by atoms with van der Waals surface area (Å²) < 4.78 is 17.2. The molecule has 8 heteroatoms. The van der Waals surface area contributed by atoms with Crippen LogP contribution in [-0.4, -0.2) is 67.1 Å². The maximum absolute atomic E-state index is 13.0. The summed E-state index contributed by atoms with van der Waals surface area (Å²) in [5.41, 5.74) is 1.72. The highest BCUT2D eigenvalue weighted by molar-refractivity contribution is 5.92. The van der Waals surface area contributed by atoms with E-state index in [1.807, 2.05) is 55.1 Å². The molecule has 1 saturated heterocycles. The number of carbonyl (C=O) groups excluding carboxylic acids is 2. The van der Waals surface area contributed by atoms with Crippen LogP contribution in [0.4, 0.5) is 5.69 Å². The van der Waals surface area contributed by atoms with Crippen molar-refractivity contribution in [3.05, 3.63) is 48.0 Å². The molecule has 0 aromatic heterocycles.